The van der Waals surface area contributed by atoms with Crippen molar-refractivity contribution in [3.63, 3.8) is 0 Å². The predicted octanol–water partition coefficient (Wildman–Crippen LogP) is 5.74. The lowest BCUT2D eigenvalue weighted by Gasteiger charge is -2.08. The second-order valence-corrected chi connectivity index (χ2v) is 7.42. The number of urea groups is 1. The minimum Gasteiger partial charge on any atom is -0.245 e. The van der Waals surface area contributed by atoms with Crippen LogP contribution in [0.25, 0.3) is 12.2 Å². The van der Waals surface area contributed by atoms with Gasteiger partial charge in [-0.15, -0.1) is 0 Å². The van der Waals surface area contributed by atoms with E-state index in [9.17, 15) is 4.79 Å². The molecule has 156 valence electrons. The Morgan fingerprint density at radius 2 is 1.07 bits per heavy atom. The van der Waals surface area contributed by atoms with E-state index in [0.717, 1.165) is 22.6 Å². The van der Waals surface area contributed by atoms with Crippen LogP contribution in [0.4, 0.5) is 4.79 Å². The SMILES string of the molecule is CC(C)C(/C=C\c1ccccc1)=N\NC(=O)N/N=C(/C=C\c1ccccc1)C(C)C. The van der Waals surface area contributed by atoms with E-state index in [1.807, 2.05) is 113 Å². The van der Waals surface area contributed by atoms with Gasteiger partial charge in [0.2, 0.25) is 0 Å². The third kappa shape index (κ3) is 8.27. The Balaban J connectivity index is 2.00. The minimum atomic E-state index is -0.479. The number of rotatable bonds is 8. The van der Waals surface area contributed by atoms with Crippen LogP contribution < -0.4 is 10.9 Å². The highest BCUT2D eigenvalue weighted by Gasteiger charge is 2.05. The maximum Gasteiger partial charge on any atom is 0.355 e. The van der Waals surface area contributed by atoms with Gasteiger partial charge in [0.05, 0.1) is 11.4 Å². The molecule has 0 unspecified atom stereocenters. The molecule has 0 aliphatic heterocycles. The second-order valence-electron chi connectivity index (χ2n) is 7.42. The highest BCUT2D eigenvalue weighted by molar-refractivity contribution is 6.01. The van der Waals surface area contributed by atoms with E-state index in [0.29, 0.717) is 0 Å². The molecule has 2 rings (SSSR count). The molecule has 0 radical (unpaired) electrons. The Labute approximate surface area is 179 Å². The van der Waals surface area contributed by atoms with Crippen molar-refractivity contribution in [2.75, 3.05) is 0 Å². The number of amides is 2. The van der Waals surface area contributed by atoms with Crippen LogP contribution in [0.2, 0.25) is 0 Å². The van der Waals surface area contributed by atoms with Gasteiger partial charge in [-0.3, -0.25) is 0 Å². The molecule has 0 fully saturated rings. The van der Waals surface area contributed by atoms with Crippen molar-refractivity contribution in [3.05, 3.63) is 83.9 Å². The van der Waals surface area contributed by atoms with Crippen molar-refractivity contribution in [1.29, 1.82) is 0 Å². The third-order valence-corrected chi connectivity index (χ3v) is 4.25. The number of nitrogens with one attached hydrogen (secondary N) is 2. The van der Waals surface area contributed by atoms with Gasteiger partial charge in [-0.1, -0.05) is 101 Å². The number of benzene rings is 2. The fourth-order valence-electron chi connectivity index (χ4n) is 2.46. The van der Waals surface area contributed by atoms with E-state index in [1.54, 1.807) is 0 Å². The number of hydrogen-bond acceptors (Lipinski definition) is 3. The lowest BCUT2D eigenvalue weighted by Crippen LogP contribution is -2.31. The molecule has 0 aliphatic rings. The Kier molecular flexibility index (Phi) is 9.25. The Morgan fingerprint density at radius 1 is 0.700 bits per heavy atom. The zero-order valence-corrected chi connectivity index (χ0v) is 18.0. The molecule has 2 N–H and O–H groups in total. The van der Waals surface area contributed by atoms with E-state index in [4.69, 9.17) is 0 Å². The number of carbonyl (C=O) groups is 1. The molecule has 0 aliphatic carbocycles. The average Bonchev–Trinajstić information content (AvgIpc) is 2.74. The quantitative estimate of drug-likeness (QED) is 0.429. The smallest absolute Gasteiger partial charge is 0.245 e. The maximum atomic E-state index is 12.2. The fourth-order valence-corrected chi connectivity index (χ4v) is 2.46. The summed E-state index contributed by atoms with van der Waals surface area (Å²) in [6, 6.07) is 19.4. The summed E-state index contributed by atoms with van der Waals surface area (Å²) >= 11 is 0. The molecule has 2 amide bonds. The highest BCUT2D eigenvalue weighted by Crippen LogP contribution is 2.06. The van der Waals surface area contributed by atoms with Gasteiger partial charge in [0.1, 0.15) is 0 Å². The fraction of sp³-hybridized carbons (Fsp3) is 0.240. The zero-order chi connectivity index (χ0) is 21.8. The van der Waals surface area contributed by atoms with Crippen LogP contribution in [0.5, 0.6) is 0 Å². The first kappa shape index (κ1) is 22.8. The first-order valence-electron chi connectivity index (χ1n) is 10.1. The van der Waals surface area contributed by atoms with E-state index in [1.165, 1.54) is 0 Å². The van der Waals surface area contributed by atoms with Gasteiger partial charge in [-0.05, 0) is 35.1 Å². The summed E-state index contributed by atoms with van der Waals surface area (Å²) in [5, 5.41) is 8.47. The molecule has 30 heavy (non-hydrogen) atoms. The molecule has 0 heterocycles. The van der Waals surface area contributed by atoms with Gasteiger partial charge in [0, 0.05) is 0 Å². The standard InChI is InChI=1S/C25H30N4O/c1-19(2)23(17-15-21-11-7-5-8-12-21)26-28-25(30)29-27-24(20(3)4)18-16-22-13-9-6-10-14-22/h5-20H,1-4H3,(H2,28,29,30)/b17-15-,18-16-,26-23-,27-24-. The Hall–Kier alpha value is -3.47. The lowest BCUT2D eigenvalue weighted by molar-refractivity contribution is 0.241. The van der Waals surface area contributed by atoms with Gasteiger partial charge in [0.15, 0.2) is 0 Å². The topological polar surface area (TPSA) is 65.8 Å². The van der Waals surface area contributed by atoms with Gasteiger partial charge >= 0.3 is 6.03 Å². The molecule has 0 bridgehead atoms. The first-order valence-corrected chi connectivity index (χ1v) is 10.1. The molecule has 5 nitrogen and oxygen atoms in total. The van der Waals surface area contributed by atoms with Crippen LogP contribution in [0.3, 0.4) is 0 Å². The maximum absolute atomic E-state index is 12.2. The summed E-state index contributed by atoms with van der Waals surface area (Å²) in [5.74, 6) is 0.322. The molecule has 0 spiro atoms. The molecular formula is C25H30N4O. The molecule has 0 saturated carbocycles. The number of carbonyl (C=O) groups excluding carboxylic acids is 1. The van der Waals surface area contributed by atoms with Crippen LogP contribution in [-0.4, -0.2) is 17.5 Å². The normalized spacial score (nSPS) is 12.9. The lowest BCUT2D eigenvalue weighted by atomic mass is 10.1. The van der Waals surface area contributed by atoms with Crippen LogP contribution in [0.1, 0.15) is 38.8 Å². The molecule has 2 aromatic carbocycles. The number of allylic oxidation sites excluding steroid dienone is 2. The van der Waals surface area contributed by atoms with Crippen molar-refractivity contribution >= 4 is 29.6 Å². The van der Waals surface area contributed by atoms with Crippen LogP contribution in [0.15, 0.2) is 83.0 Å². The van der Waals surface area contributed by atoms with E-state index >= 15 is 0 Å². The van der Waals surface area contributed by atoms with Crippen molar-refractivity contribution < 1.29 is 4.79 Å². The van der Waals surface area contributed by atoms with Crippen molar-refractivity contribution in [1.82, 2.24) is 10.9 Å². The number of hydrazone groups is 2. The zero-order valence-electron chi connectivity index (χ0n) is 18.0. The van der Waals surface area contributed by atoms with E-state index in [2.05, 4.69) is 21.1 Å². The summed E-state index contributed by atoms with van der Waals surface area (Å²) < 4.78 is 0. The minimum absolute atomic E-state index is 0.161. The van der Waals surface area contributed by atoms with Crippen molar-refractivity contribution in [2.45, 2.75) is 27.7 Å². The summed E-state index contributed by atoms with van der Waals surface area (Å²) in [6.07, 6.45) is 7.76. The van der Waals surface area contributed by atoms with E-state index in [-0.39, 0.29) is 11.8 Å². The average molecular weight is 403 g/mol. The first-order chi connectivity index (χ1) is 14.5. The number of nitrogens with zero attached hydrogens (tertiary/aromatic N) is 2. The molecule has 5 heteroatoms. The van der Waals surface area contributed by atoms with Crippen LogP contribution in [-0.2, 0) is 0 Å². The van der Waals surface area contributed by atoms with Gasteiger partial charge in [-0.2, -0.15) is 10.2 Å². The molecule has 0 atom stereocenters. The molecular weight excluding hydrogens is 372 g/mol. The van der Waals surface area contributed by atoms with Crippen molar-refractivity contribution in [2.24, 2.45) is 22.0 Å². The van der Waals surface area contributed by atoms with Gasteiger partial charge in [0.25, 0.3) is 0 Å². The monoisotopic (exact) mass is 402 g/mol. The molecule has 2 aromatic rings. The largest absolute Gasteiger partial charge is 0.355 e. The predicted molar refractivity (Wildman–Crippen MR) is 127 cm³/mol. The summed E-state index contributed by atoms with van der Waals surface area (Å²) in [4.78, 5) is 12.2. The molecule has 0 saturated heterocycles. The van der Waals surface area contributed by atoms with E-state index < -0.39 is 6.03 Å². The summed E-state index contributed by atoms with van der Waals surface area (Å²) in [7, 11) is 0. The Bertz CT molecular complexity index is 835. The summed E-state index contributed by atoms with van der Waals surface area (Å²) in [5.41, 5.74) is 8.74. The third-order valence-electron chi connectivity index (χ3n) is 4.25. The number of hydrogen-bond donors (Lipinski definition) is 2. The van der Waals surface area contributed by atoms with Crippen LogP contribution in [0, 0.1) is 11.8 Å². The summed E-state index contributed by atoms with van der Waals surface area (Å²) in [6.45, 7) is 8.10. The second kappa shape index (κ2) is 12.2. The Morgan fingerprint density at radius 3 is 1.40 bits per heavy atom. The van der Waals surface area contributed by atoms with Crippen molar-refractivity contribution in [3.8, 4) is 0 Å². The molecule has 0 aromatic heterocycles. The van der Waals surface area contributed by atoms with Gasteiger partial charge < -0.3 is 0 Å². The van der Waals surface area contributed by atoms with Gasteiger partial charge in [-0.25, -0.2) is 15.6 Å². The highest BCUT2D eigenvalue weighted by atomic mass is 16.2. The van der Waals surface area contributed by atoms with Crippen LogP contribution >= 0.6 is 0 Å².